The summed E-state index contributed by atoms with van der Waals surface area (Å²) in [5, 5.41) is 2.85. The predicted octanol–water partition coefficient (Wildman–Crippen LogP) is 4.34. The van der Waals surface area contributed by atoms with Crippen LogP contribution >= 0.6 is 0 Å². The van der Waals surface area contributed by atoms with E-state index in [4.69, 9.17) is 19.2 Å². The summed E-state index contributed by atoms with van der Waals surface area (Å²) in [6, 6.07) is 9.29. The van der Waals surface area contributed by atoms with Crippen molar-refractivity contribution in [3.63, 3.8) is 0 Å². The molecular formula is C29H36FN5O5. The second-order valence-corrected chi connectivity index (χ2v) is 10.6. The van der Waals surface area contributed by atoms with E-state index in [1.807, 2.05) is 6.92 Å². The van der Waals surface area contributed by atoms with Crippen molar-refractivity contribution < 1.29 is 28.2 Å². The quantitative estimate of drug-likeness (QED) is 0.439. The number of halogens is 1. The van der Waals surface area contributed by atoms with Crippen molar-refractivity contribution in [2.45, 2.75) is 39.4 Å². The van der Waals surface area contributed by atoms with Crippen molar-refractivity contribution in [2.75, 3.05) is 51.3 Å². The first kappa shape index (κ1) is 29.0. The van der Waals surface area contributed by atoms with Gasteiger partial charge in [-0.05, 0) is 52.0 Å². The van der Waals surface area contributed by atoms with Gasteiger partial charge in [-0.15, -0.1) is 0 Å². The van der Waals surface area contributed by atoms with E-state index in [2.05, 4.69) is 15.2 Å². The maximum Gasteiger partial charge on any atom is 0.410 e. The molecule has 0 radical (unpaired) electrons. The summed E-state index contributed by atoms with van der Waals surface area (Å²) >= 11 is 0. The third-order valence-corrected chi connectivity index (χ3v) is 6.25. The average molecular weight is 554 g/mol. The number of rotatable bonds is 8. The van der Waals surface area contributed by atoms with Crippen LogP contribution in [-0.2, 0) is 9.47 Å². The minimum absolute atomic E-state index is 0.221. The van der Waals surface area contributed by atoms with E-state index in [0.717, 1.165) is 0 Å². The van der Waals surface area contributed by atoms with Crippen molar-refractivity contribution >= 4 is 28.9 Å². The van der Waals surface area contributed by atoms with Crippen LogP contribution in [0.3, 0.4) is 0 Å². The monoisotopic (exact) mass is 553 g/mol. The Bertz CT molecular complexity index is 1360. The van der Waals surface area contributed by atoms with Gasteiger partial charge in [0.2, 0.25) is 0 Å². The molecule has 0 spiro atoms. The smallest absolute Gasteiger partial charge is 0.410 e. The number of fused-ring (bicyclic) bond motifs is 1. The summed E-state index contributed by atoms with van der Waals surface area (Å²) in [6.07, 6.45) is 0.654. The summed E-state index contributed by atoms with van der Waals surface area (Å²) in [5.41, 5.74) is 1.52. The lowest BCUT2D eigenvalue weighted by atomic mass is 10.0. The van der Waals surface area contributed by atoms with Crippen LogP contribution < -0.4 is 15.0 Å². The number of benzene rings is 2. The standard InChI is InChI=1S/C29H36FN5O5/c1-19(39-22-8-6-7-21(30)17-22)23-15-20(27(36)31-9-10-34(5)28(37)40-29(2,3)4)16-24-26(23)33-25(18-32-24)35-11-13-38-14-12-35/h6-8,15-19H,9-14H2,1-5H3,(H,31,36)/t19-/m0/s1. The SMILES string of the molecule is C[C@H](Oc1cccc(F)c1)c1cc(C(=O)NCCN(C)C(=O)OC(C)(C)C)cc2ncc(N3CCOCC3)nc12. The molecule has 1 N–H and O–H groups in total. The van der Waals surface area contributed by atoms with Gasteiger partial charge >= 0.3 is 6.09 Å². The summed E-state index contributed by atoms with van der Waals surface area (Å²) in [5.74, 6) is 0.321. The van der Waals surface area contributed by atoms with E-state index in [1.54, 1.807) is 58.3 Å². The minimum atomic E-state index is -0.608. The zero-order valence-electron chi connectivity index (χ0n) is 23.6. The highest BCUT2D eigenvalue weighted by molar-refractivity contribution is 5.98. The first-order valence-corrected chi connectivity index (χ1v) is 13.3. The van der Waals surface area contributed by atoms with E-state index in [-0.39, 0.29) is 19.0 Å². The van der Waals surface area contributed by atoms with Gasteiger partial charge < -0.3 is 29.3 Å². The number of anilines is 1. The van der Waals surface area contributed by atoms with Gasteiger partial charge in [-0.1, -0.05) is 6.07 Å². The summed E-state index contributed by atoms with van der Waals surface area (Å²) in [4.78, 5) is 38.4. The molecule has 0 bridgehead atoms. The second-order valence-electron chi connectivity index (χ2n) is 10.6. The summed E-state index contributed by atoms with van der Waals surface area (Å²) < 4.78 is 30.7. The normalized spacial score (nSPS) is 14.5. The third-order valence-electron chi connectivity index (χ3n) is 6.25. The van der Waals surface area contributed by atoms with E-state index in [9.17, 15) is 14.0 Å². The molecule has 0 unspecified atom stereocenters. The Balaban J connectivity index is 1.57. The molecular weight excluding hydrogens is 517 g/mol. The lowest BCUT2D eigenvalue weighted by Gasteiger charge is -2.28. The van der Waals surface area contributed by atoms with Crippen LogP contribution in [0.5, 0.6) is 5.75 Å². The fraction of sp³-hybridized carbons (Fsp3) is 0.448. The molecule has 1 fully saturated rings. The van der Waals surface area contributed by atoms with Gasteiger partial charge in [0.25, 0.3) is 5.91 Å². The van der Waals surface area contributed by atoms with E-state index < -0.39 is 23.6 Å². The largest absolute Gasteiger partial charge is 0.486 e. The van der Waals surface area contributed by atoms with Gasteiger partial charge in [0.15, 0.2) is 0 Å². The van der Waals surface area contributed by atoms with E-state index in [1.165, 1.54) is 17.0 Å². The Morgan fingerprint density at radius 1 is 1.20 bits per heavy atom. The third kappa shape index (κ3) is 7.56. The van der Waals surface area contributed by atoms with Gasteiger partial charge in [-0.3, -0.25) is 9.78 Å². The lowest BCUT2D eigenvalue weighted by molar-refractivity contribution is 0.0299. The minimum Gasteiger partial charge on any atom is -0.486 e. The molecule has 11 heteroatoms. The number of hydrogen-bond acceptors (Lipinski definition) is 8. The molecule has 0 aliphatic carbocycles. The zero-order valence-corrected chi connectivity index (χ0v) is 23.6. The van der Waals surface area contributed by atoms with E-state index in [0.29, 0.717) is 60.0 Å². The highest BCUT2D eigenvalue weighted by Crippen LogP contribution is 2.29. The molecule has 2 aromatic carbocycles. The Labute approximate surface area is 233 Å². The molecule has 2 amide bonds. The second kappa shape index (κ2) is 12.5. The van der Waals surface area contributed by atoms with Crippen LogP contribution in [0.1, 0.15) is 49.7 Å². The van der Waals surface area contributed by atoms with Crippen LogP contribution in [0.25, 0.3) is 11.0 Å². The fourth-order valence-electron chi connectivity index (χ4n) is 4.20. The van der Waals surface area contributed by atoms with Gasteiger partial charge in [0.1, 0.15) is 29.1 Å². The highest BCUT2D eigenvalue weighted by atomic mass is 19.1. The average Bonchev–Trinajstić information content (AvgIpc) is 2.91. The topological polar surface area (TPSA) is 106 Å². The van der Waals surface area contributed by atoms with Gasteiger partial charge in [0.05, 0.1) is 30.4 Å². The Hall–Kier alpha value is -3.99. The number of amides is 2. The van der Waals surface area contributed by atoms with Crippen molar-refractivity contribution in [3.8, 4) is 5.75 Å². The summed E-state index contributed by atoms with van der Waals surface area (Å²) in [7, 11) is 1.61. The Kier molecular flexibility index (Phi) is 9.03. The van der Waals surface area contributed by atoms with Gasteiger partial charge in [-0.25, -0.2) is 14.2 Å². The van der Waals surface area contributed by atoms with E-state index >= 15 is 0 Å². The Morgan fingerprint density at radius 2 is 1.95 bits per heavy atom. The number of aromatic nitrogens is 2. The number of likely N-dealkylation sites (N-methyl/N-ethyl adjacent to an activating group) is 1. The van der Waals surface area contributed by atoms with Crippen LogP contribution in [-0.4, -0.2) is 78.9 Å². The zero-order chi connectivity index (χ0) is 28.9. The molecule has 0 saturated carbocycles. The molecule has 1 aliphatic heterocycles. The Morgan fingerprint density at radius 3 is 2.65 bits per heavy atom. The van der Waals surface area contributed by atoms with Crippen molar-refractivity contribution in [3.05, 3.63) is 59.5 Å². The number of carbonyl (C=O) groups is 2. The molecule has 1 saturated heterocycles. The molecule has 3 aromatic rings. The molecule has 1 aromatic heterocycles. The van der Waals surface area contributed by atoms with Gasteiger partial charge in [0, 0.05) is 50.4 Å². The van der Waals surface area contributed by atoms with Crippen molar-refractivity contribution in [1.29, 1.82) is 0 Å². The maximum absolute atomic E-state index is 13.8. The molecule has 40 heavy (non-hydrogen) atoms. The molecule has 10 nitrogen and oxygen atoms in total. The molecule has 1 aliphatic rings. The fourth-order valence-corrected chi connectivity index (χ4v) is 4.20. The molecule has 2 heterocycles. The number of morpholine rings is 1. The number of carbonyl (C=O) groups excluding carboxylic acids is 2. The lowest BCUT2D eigenvalue weighted by Crippen LogP contribution is -2.39. The summed E-state index contributed by atoms with van der Waals surface area (Å²) in [6.45, 7) is 10.3. The predicted molar refractivity (Wildman–Crippen MR) is 149 cm³/mol. The number of hydrogen-bond donors (Lipinski definition) is 1. The molecule has 214 valence electrons. The molecule has 4 rings (SSSR count). The van der Waals surface area contributed by atoms with Crippen LogP contribution in [0.15, 0.2) is 42.6 Å². The first-order valence-electron chi connectivity index (χ1n) is 13.3. The van der Waals surface area contributed by atoms with Crippen molar-refractivity contribution in [2.24, 2.45) is 0 Å². The number of ether oxygens (including phenoxy) is 3. The van der Waals surface area contributed by atoms with Crippen LogP contribution in [0.2, 0.25) is 0 Å². The van der Waals surface area contributed by atoms with Crippen LogP contribution in [0.4, 0.5) is 15.0 Å². The highest BCUT2D eigenvalue weighted by Gasteiger charge is 2.22. The maximum atomic E-state index is 13.8. The number of nitrogens with one attached hydrogen (secondary N) is 1. The first-order chi connectivity index (χ1) is 19.0. The van der Waals surface area contributed by atoms with Gasteiger partial charge in [-0.2, -0.15) is 0 Å². The number of nitrogens with zero attached hydrogens (tertiary/aromatic N) is 4. The molecule has 1 atom stereocenters. The van der Waals surface area contributed by atoms with Crippen molar-refractivity contribution in [1.82, 2.24) is 20.2 Å². The van der Waals surface area contributed by atoms with Crippen LogP contribution in [0, 0.1) is 5.82 Å².